The molecule has 0 fully saturated rings. The van der Waals surface area contributed by atoms with Crippen molar-refractivity contribution in [2.75, 3.05) is 11.9 Å². The van der Waals surface area contributed by atoms with E-state index in [9.17, 15) is 8.42 Å². The molecule has 1 aromatic carbocycles. The molecule has 4 rings (SSSR count). The van der Waals surface area contributed by atoms with E-state index < -0.39 is 10.0 Å². The smallest absolute Gasteiger partial charge is 0.244 e. The monoisotopic (exact) mass is 327 g/mol. The first-order chi connectivity index (χ1) is 11.1. The lowest BCUT2D eigenvalue weighted by Crippen LogP contribution is -2.16. The summed E-state index contributed by atoms with van der Waals surface area (Å²) in [5.74, 6) is -0.0379. The van der Waals surface area contributed by atoms with Crippen LogP contribution in [0.3, 0.4) is 0 Å². The maximum Gasteiger partial charge on any atom is 0.244 e. The Balaban J connectivity index is 1.80. The van der Waals surface area contributed by atoms with Crippen molar-refractivity contribution in [1.82, 2.24) is 8.96 Å². The van der Waals surface area contributed by atoms with Gasteiger partial charge < -0.3 is 5.32 Å². The third kappa shape index (κ3) is 2.49. The highest BCUT2D eigenvalue weighted by Crippen LogP contribution is 2.31. The van der Waals surface area contributed by atoms with Crippen molar-refractivity contribution < 1.29 is 8.42 Å². The summed E-state index contributed by atoms with van der Waals surface area (Å²) in [5.41, 5.74) is 3.44. The number of aromatic nitrogens is 2. The van der Waals surface area contributed by atoms with Crippen molar-refractivity contribution in [3.8, 4) is 0 Å². The van der Waals surface area contributed by atoms with E-state index in [-0.39, 0.29) is 5.75 Å². The van der Waals surface area contributed by atoms with Gasteiger partial charge in [-0.2, -0.15) is 0 Å². The summed E-state index contributed by atoms with van der Waals surface area (Å²) in [6.45, 7) is 0.911. The number of anilines is 1. The fraction of sp³-hybridized carbons (Fsp3) is 0.235. The van der Waals surface area contributed by atoms with Crippen molar-refractivity contribution in [3.63, 3.8) is 0 Å². The van der Waals surface area contributed by atoms with Crippen molar-refractivity contribution in [2.24, 2.45) is 0 Å². The van der Waals surface area contributed by atoms with Gasteiger partial charge in [0, 0.05) is 30.0 Å². The molecule has 3 aromatic rings. The summed E-state index contributed by atoms with van der Waals surface area (Å²) in [7, 11) is -3.50. The molecule has 0 radical (unpaired) electrons. The lowest BCUT2D eigenvalue weighted by Gasteiger charge is -2.18. The molecule has 0 saturated heterocycles. The lowest BCUT2D eigenvalue weighted by atomic mass is 10.0. The molecule has 3 heterocycles. The SMILES string of the molecule is O=S(=O)(Cc1ccccc1)n1ccc2c3c(cnc21)CCCN3. The molecule has 6 heteroatoms. The molecule has 118 valence electrons. The molecule has 0 bridgehead atoms. The third-order valence-electron chi connectivity index (χ3n) is 4.18. The Morgan fingerprint density at radius 3 is 2.83 bits per heavy atom. The van der Waals surface area contributed by atoms with Gasteiger partial charge in [0.2, 0.25) is 10.0 Å². The summed E-state index contributed by atoms with van der Waals surface area (Å²) >= 11 is 0. The number of pyridine rings is 1. The van der Waals surface area contributed by atoms with Crippen LogP contribution in [-0.2, 0) is 22.2 Å². The zero-order valence-electron chi connectivity index (χ0n) is 12.6. The summed E-state index contributed by atoms with van der Waals surface area (Å²) in [4.78, 5) is 4.41. The minimum Gasteiger partial charge on any atom is -0.384 e. The second kappa shape index (κ2) is 5.38. The summed E-state index contributed by atoms with van der Waals surface area (Å²) < 4.78 is 26.8. The van der Waals surface area contributed by atoms with E-state index in [2.05, 4.69) is 10.3 Å². The van der Waals surface area contributed by atoms with Crippen molar-refractivity contribution >= 4 is 26.7 Å². The minimum atomic E-state index is -3.50. The fourth-order valence-corrected chi connectivity index (χ4v) is 4.48. The molecule has 2 aromatic heterocycles. The zero-order valence-corrected chi connectivity index (χ0v) is 13.4. The Labute approximate surface area is 135 Å². The maximum atomic E-state index is 12.7. The lowest BCUT2D eigenvalue weighted by molar-refractivity contribution is 0.588. The minimum absolute atomic E-state index is 0.0379. The van der Waals surface area contributed by atoms with Crippen LogP contribution in [-0.4, -0.2) is 23.9 Å². The largest absolute Gasteiger partial charge is 0.384 e. The fourth-order valence-electron chi connectivity index (χ4n) is 3.07. The number of hydrogen-bond acceptors (Lipinski definition) is 4. The molecule has 0 unspecified atom stereocenters. The van der Waals surface area contributed by atoms with Gasteiger partial charge in [-0.15, -0.1) is 0 Å². The van der Waals surface area contributed by atoms with E-state index in [1.54, 1.807) is 12.4 Å². The first-order valence-electron chi connectivity index (χ1n) is 7.65. The molecule has 23 heavy (non-hydrogen) atoms. The number of hydrogen-bond donors (Lipinski definition) is 1. The van der Waals surface area contributed by atoms with Crippen LogP contribution in [0.25, 0.3) is 11.0 Å². The highest BCUT2D eigenvalue weighted by atomic mass is 32.2. The molecule has 0 atom stereocenters. The van der Waals surface area contributed by atoms with E-state index in [1.165, 1.54) is 3.97 Å². The Kier molecular flexibility index (Phi) is 3.34. The van der Waals surface area contributed by atoms with E-state index >= 15 is 0 Å². The second-order valence-corrected chi connectivity index (χ2v) is 7.63. The maximum absolute atomic E-state index is 12.7. The Morgan fingerprint density at radius 1 is 1.17 bits per heavy atom. The third-order valence-corrected chi connectivity index (χ3v) is 5.77. The van der Waals surface area contributed by atoms with Crippen molar-refractivity contribution in [2.45, 2.75) is 18.6 Å². The van der Waals surface area contributed by atoms with Gasteiger partial charge in [-0.3, -0.25) is 0 Å². The molecule has 0 aliphatic carbocycles. The summed E-state index contributed by atoms with van der Waals surface area (Å²) in [6, 6.07) is 11.0. The van der Waals surface area contributed by atoms with Crippen molar-refractivity contribution in [3.05, 3.63) is 59.9 Å². The second-order valence-electron chi connectivity index (χ2n) is 5.78. The van der Waals surface area contributed by atoms with Gasteiger partial charge in [-0.05, 0) is 30.0 Å². The number of benzene rings is 1. The van der Waals surface area contributed by atoms with E-state index in [1.807, 2.05) is 36.4 Å². The van der Waals surface area contributed by atoms with Gasteiger partial charge in [0.25, 0.3) is 0 Å². The van der Waals surface area contributed by atoms with Crippen LogP contribution in [0, 0.1) is 0 Å². The molecular weight excluding hydrogens is 310 g/mol. The predicted octanol–water partition coefficient (Wildman–Crippen LogP) is 2.77. The Bertz CT molecular complexity index is 962. The summed E-state index contributed by atoms with van der Waals surface area (Å²) in [6.07, 6.45) is 5.45. The number of nitrogens with one attached hydrogen (secondary N) is 1. The van der Waals surface area contributed by atoms with Gasteiger partial charge in [-0.25, -0.2) is 17.4 Å². The van der Waals surface area contributed by atoms with Crippen LogP contribution in [0.2, 0.25) is 0 Å². The highest BCUT2D eigenvalue weighted by Gasteiger charge is 2.21. The van der Waals surface area contributed by atoms with Crippen molar-refractivity contribution in [1.29, 1.82) is 0 Å². The quantitative estimate of drug-likeness (QED) is 0.803. The molecule has 1 aliphatic rings. The Hall–Kier alpha value is -2.34. The van der Waals surface area contributed by atoms with E-state index in [0.717, 1.165) is 41.6 Å². The number of aryl methyl sites for hydroxylation is 1. The average Bonchev–Trinajstić information content (AvgIpc) is 3.01. The number of fused-ring (bicyclic) bond motifs is 3. The molecule has 0 amide bonds. The number of nitrogens with zero attached hydrogens (tertiary/aromatic N) is 2. The first-order valence-corrected chi connectivity index (χ1v) is 9.26. The first kappa shape index (κ1) is 14.3. The van der Waals surface area contributed by atoms with Crippen LogP contribution in [0.1, 0.15) is 17.5 Å². The van der Waals surface area contributed by atoms with Crippen LogP contribution in [0.15, 0.2) is 48.8 Å². The van der Waals surface area contributed by atoms with Crippen LogP contribution >= 0.6 is 0 Å². The molecule has 1 aliphatic heterocycles. The Morgan fingerprint density at radius 2 is 2.00 bits per heavy atom. The molecule has 0 saturated carbocycles. The van der Waals surface area contributed by atoms with E-state index in [0.29, 0.717) is 5.65 Å². The molecule has 5 nitrogen and oxygen atoms in total. The number of rotatable bonds is 3. The van der Waals surface area contributed by atoms with Crippen LogP contribution < -0.4 is 5.32 Å². The normalized spacial score (nSPS) is 14.4. The van der Waals surface area contributed by atoms with E-state index in [4.69, 9.17) is 0 Å². The molecule has 1 N–H and O–H groups in total. The van der Waals surface area contributed by atoms with Crippen LogP contribution in [0.4, 0.5) is 5.69 Å². The topological polar surface area (TPSA) is 64.0 Å². The standard InChI is InChI=1S/C17H17N3O2S/c21-23(22,12-13-5-2-1-3-6-13)20-10-8-15-16-14(7-4-9-18-16)11-19-17(15)20/h1-3,5-6,8,10-11,18H,4,7,9,12H2. The van der Waals surface area contributed by atoms with Gasteiger partial charge >= 0.3 is 0 Å². The zero-order chi connectivity index (χ0) is 15.9. The van der Waals surface area contributed by atoms with Gasteiger partial charge in [0.1, 0.15) is 0 Å². The average molecular weight is 327 g/mol. The molecular formula is C17H17N3O2S. The molecule has 0 spiro atoms. The van der Waals surface area contributed by atoms with Gasteiger partial charge in [0.15, 0.2) is 5.65 Å². The highest BCUT2D eigenvalue weighted by molar-refractivity contribution is 7.89. The van der Waals surface area contributed by atoms with Crippen LogP contribution in [0.5, 0.6) is 0 Å². The van der Waals surface area contributed by atoms with Gasteiger partial charge in [0.05, 0.1) is 5.75 Å². The predicted molar refractivity (Wildman–Crippen MR) is 91.0 cm³/mol. The van der Waals surface area contributed by atoms with Gasteiger partial charge in [-0.1, -0.05) is 30.3 Å². The summed E-state index contributed by atoms with van der Waals surface area (Å²) in [5, 5.41) is 4.25.